The Morgan fingerprint density at radius 1 is 1.43 bits per heavy atom. The van der Waals surface area contributed by atoms with Crippen LogP contribution in [0.25, 0.3) is 0 Å². The number of nitrogens with zero attached hydrogens (tertiary/aromatic N) is 1. The number of carbonyl (C=O) groups is 1. The van der Waals surface area contributed by atoms with Gasteiger partial charge in [0, 0.05) is 43.6 Å². The highest BCUT2D eigenvalue weighted by Crippen LogP contribution is 2.43. The van der Waals surface area contributed by atoms with E-state index in [1.54, 1.807) is 4.90 Å². The van der Waals surface area contributed by atoms with Crippen molar-refractivity contribution in [3.8, 4) is 0 Å². The van der Waals surface area contributed by atoms with Crippen molar-refractivity contribution in [1.29, 1.82) is 0 Å². The van der Waals surface area contributed by atoms with E-state index >= 15 is 0 Å². The van der Waals surface area contributed by atoms with Gasteiger partial charge in [-0.1, -0.05) is 0 Å². The number of rotatable bonds is 2. The predicted molar refractivity (Wildman–Crippen MR) is 48.5 cm³/mol. The molecule has 80 valence electrons. The topological polar surface area (TPSA) is 20.3 Å². The molecule has 1 heterocycles. The molecule has 1 aliphatic heterocycles. The molecule has 0 bridgehead atoms. The van der Waals surface area contributed by atoms with Crippen molar-refractivity contribution in [3.63, 3.8) is 0 Å². The Kier molecular flexibility index (Phi) is 2.41. The van der Waals surface area contributed by atoms with E-state index in [4.69, 9.17) is 11.6 Å². The average Bonchev–Trinajstić information content (AvgIpc) is 1.97. The fourth-order valence-corrected chi connectivity index (χ4v) is 2.14. The van der Waals surface area contributed by atoms with Crippen LogP contribution in [0.5, 0.6) is 0 Å². The number of alkyl halides is 3. The largest absolute Gasteiger partial charge is 0.342 e. The van der Waals surface area contributed by atoms with Gasteiger partial charge in [0.25, 0.3) is 0 Å². The molecule has 2 rings (SSSR count). The molecule has 0 radical (unpaired) electrons. The third-order valence-corrected chi connectivity index (χ3v) is 3.36. The highest BCUT2D eigenvalue weighted by molar-refractivity contribution is 6.18. The lowest BCUT2D eigenvalue weighted by Gasteiger charge is -2.43. The molecule has 0 atom stereocenters. The van der Waals surface area contributed by atoms with Crippen molar-refractivity contribution in [2.24, 2.45) is 11.8 Å². The highest BCUT2D eigenvalue weighted by Gasteiger charge is 2.50. The van der Waals surface area contributed by atoms with Gasteiger partial charge in [-0.25, -0.2) is 8.78 Å². The summed E-state index contributed by atoms with van der Waals surface area (Å²) >= 11 is 5.59. The fourth-order valence-electron chi connectivity index (χ4n) is 1.94. The molecule has 5 heteroatoms. The Morgan fingerprint density at radius 2 is 2.00 bits per heavy atom. The molecule has 2 aliphatic rings. The van der Waals surface area contributed by atoms with Crippen LogP contribution in [0.15, 0.2) is 0 Å². The lowest BCUT2D eigenvalue weighted by Crippen LogP contribution is -2.56. The van der Waals surface area contributed by atoms with Gasteiger partial charge in [-0.3, -0.25) is 4.79 Å². The molecule has 1 amide bonds. The van der Waals surface area contributed by atoms with Crippen LogP contribution in [-0.4, -0.2) is 35.7 Å². The van der Waals surface area contributed by atoms with E-state index in [0.29, 0.717) is 24.9 Å². The molecule has 14 heavy (non-hydrogen) atoms. The van der Waals surface area contributed by atoms with E-state index in [2.05, 4.69) is 0 Å². The van der Waals surface area contributed by atoms with Crippen LogP contribution in [0.2, 0.25) is 0 Å². The zero-order valence-electron chi connectivity index (χ0n) is 7.68. The number of hydrogen-bond donors (Lipinski definition) is 0. The molecule has 1 saturated carbocycles. The van der Waals surface area contributed by atoms with Crippen molar-refractivity contribution in [3.05, 3.63) is 0 Å². The van der Waals surface area contributed by atoms with Crippen LogP contribution >= 0.6 is 11.6 Å². The molecule has 2 nitrogen and oxygen atoms in total. The summed E-state index contributed by atoms with van der Waals surface area (Å²) in [6, 6.07) is 0. The van der Waals surface area contributed by atoms with Gasteiger partial charge >= 0.3 is 0 Å². The van der Waals surface area contributed by atoms with Crippen molar-refractivity contribution >= 4 is 17.5 Å². The molecule has 0 spiro atoms. The van der Waals surface area contributed by atoms with Crippen LogP contribution in [-0.2, 0) is 4.79 Å². The van der Waals surface area contributed by atoms with E-state index in [9.17, 15) is 13.6 Å². The van der Waals surface area contributed by atoms with E-state index in [0.717, 1.165) is 0 Å². The summed E-state index contributed by atoms with van der Waals surface area (Å²) in [6.45, 7) is 1.29. The van der Waals surface area contributed by atoms with Crippen molar-refractivity contribution < 1.29 is 13.6 Å². The maximum absolute atomic E-state index is 12.5. The standard InChI is InChI=1S/C9H12ClF2NO/c10-3-6-4-13(5-6)8(14)7-1-9(11,12)2-7/h6-7H,1-5H2. The Morgan fingerprint density at radius 3 is 2.43 bits per heavy atom. The predicted octanol–water partition coefficient (Wildman–Crippen LogP) is 1.73. The molecular formula is C9H12ClF2NO. The van der Waals surface area contributed by atoms with Crippen LogP contribution < -0.4 is 0 Å². The third-order valence-electron chi connectivity index (χ3n) is 2.93. The lowest BCUT2D eigenvalue weighted by molar-refractivity contribution is -0.164. The number of likely N-dealkylation sites (tertiary alicyclic amines) is 1. The Balaban J connectivity index is 1.76. The quantitative estimate of drug-likeness (QED) is 0.653. The van der Waals surface area contributed by atoms with Crippen molar-refractivity contribution in [1.82, 2.24) is 4.90 Å². The van der Waals surface area contributed by atoms with Gasteiger partial charge in [-0.2, -0.15) is 0 Å². The molecule has 1 aliphatic carbocycles. The van der Waals surface area contributed by atoms with Gasteiger partial charge in [0.2, 0.25) is 11.8 Å². The number of hydrogen-bond acceptors (Lipinski definition) is 1. The Labute approximate surface area is 86.2 Å². The molecule has 0 aromatic carbocycles. The second-order valence-electron chi connectivity index (χ2n) is 4.22. The van der Waals surface area contributed by atoms with E-state index < -0.39 is 11.8 Å². The Bertz CT molecular complexity index is 245. The first-order valence-corrected chi connectivity index (χ1v) is 5.28. The molecule has 0 N–H and O–H groups in total. The van der Waals surface area contributed by atoms with Crippen LogP contribution in [0.1, 0.15) is 12.8 Å². The summed E-state index contributed by atoms with van der Waals surface area (Å²) in [7, 11) is 0. The first kappa shape index (κ1) is 10.1. The lowest BCUT2D eigenvalue weighted by atomic mass is 9.79. The maximum Gasteiger partial charge on any atom is 0.249 e. The minimum Gasteiger partial charge on any atom is -0.342 e. The van der Waals surface area contributed by atoms with Crippen LogP contribution in [0, 0.1) is 11.8 Å². The number of carbonyl (C=O) groups excluding carboxylic acids is 1. The van der Waals surface area contributed by atoms with Crippen LogP contribution in [0.3, 0.4) is 0 Å². The van der Waals surface area contributed by atoms with Crippen molar-refractivity contribution in [2.75, 3.05) is 19.0 Å². The highest BCUT2D eigenvalue weighted by atomic mass is 35.5. The molecule has 1 saturated heterocycles. The average molecular weight is 224 g/mol. The van der Waals surface area contributed by atoms with Gasteiger partial charge < -0.3 is 4.90 Å². The van der Waals surface area contributed by atoms with Gasteiger partial charge in [0.05, 0.1) is 0 Å². The van der Waals surface area contributed by atoms with Gasteiger partial charge in [-0.15, -0.1) is 11.6 Å². The summed E-state index contributed by atoms with van der Waals surface area (Å²) in [6.07, 6.45) is -0.540. The normalized spacial score (nSPS) is 26.9. The summed E-state index contributed by atoms with van der Waals surface area (Å²) in [5, 5.41) is 0. The minimum atomic E-state index is -2.60. The van der Waals surface area contributed by atoms with E-state index in [1.165, 1.54) is 0 Å². The molecular weight excluding hydrogens is 212 g/mol. The van der Waals surface area contributed by atoms with Gasteiger partial charge in [-0.05, 0) is 0 Å². The fraction of sp³-hybridized carbons (Fsp3) is 0.889. The molecule has 0 aromatic rings. The minimum absolute atomic E-state index is 0.114. The van der Waals surface area contributed by atoms with Crippen LogP contribution in [0.4, 0.5) is 8.78 Å². The number of amides is 1. The van der Waals surface area contributed by atoms with Crippen molar-refractivity contribution in [2.45, 2.75) is 18.8 Å². The zero-order chi connectivity index (χ0) is 10.3. The Hall–Kier alpha value is -0.380. The van der Waals surface area contributed by atoms with E-state index in [1.807, 2.05) is 0 Å². The third kappa shape index (κ3) is 1.72. The monoisotopic (exact) mass is 223 g/mol. The second-order valence-corrected chi connectivity index (χ2v) is 4.53. The molecule has 0 aromatic heterocycles. The van der Waals surface area contributed by atoms with Gasteiger partial charge in [0.1, 0.15) is 0 Å². The summed E-state index contributed by atoms with van der Waals surface area (Å²) in [5.74, 6) is -2.25. The molecule has 2 fully saturated rings. The molecule has 0 unspecified atom stereocenters. The first-order chi connectivity index (χ1) is 6.52. The second kappa shape index (κ2) is 3.33. The number of halogens is 3. The SMILES string of the molecule is O=C(C1CC(F)(F)C1)N1CC(CCl)C1. The first-order valence-electron chi connectivity index (χ1n) is 4.74. The van der Waals surface area contributed by atoms with Gasteiger partial charge in [0.15, 0.2) is 0 Å². The maximum atomic E-state index is 12.5. The summed E-state index contributed by atoms with van der Waals surface area (Å²) in [5.41, 5.74) is 0. The summed E-state index contributed by atoms with van der Waals surface area (Å²) < 4.78 is 25.0. The summed E-state index contributed by atoms with van der Waals surface area (Å²) in [4.78, 5) is 13.1. The zero-order valence-corrected chi connectivity index (χ0v) is 8.44. The smallest absolute Gasteiger partial charge is 0.249 e. The van der Waals surface area contributed by atoms with E-state index in [-0.39, 0.29) is 18.7 Å².